The molecule has 0 aliphatic carbocycles. The summed E-state index contributed by atoms with van der Waals surface area (Å²) in [7, 11) is 2.00. The normalized spacial score (nSPS) is 17.0. The van der Waals surface area contributed by atoms with Crippen LogP contribution in [0.25, 0.3) is 11.0 Å². The minimum Gasteiger partial charge on any atom is -0.356 e. The first-order valence-electron chi connectivity index (χ1n) is 8.24. The van der Waals surface area contributed by atoms with Crippen molar-refractivity contribution in [1.82, 2.24) is 24.8 Å². The lowest BCUT2D eigenvalue weighted by molar-refractivity contribution is 0.195. The summed E-state index contributed by atoms with van der Waals surface area (Å²) in [5, 5.41) is 13.5. The van der Waals surface area contributed by atoms with Crippen LogP contribution in [0.5, 0.6) is 0 Å². The molecule has 0 atom stereocenters. The van der Waals surface area contributed by atoms with Crippen LogP contribution < -0.4 is 0 Å². The molecule has 0 amide bonds. The zero-order valence-corrected chi connectivity index (χ0v) is 13.9. The Morgan fingerprint density at radius 2 is 2.04 bits per heavy atom. The maximum atomic E-state index is 13.3. The Bertz CT molecular complexity index is 863. The molecule has 0 bridgehead atoms. The van der Waals surface area contributed by atoms with E-state index in [0.717, 1.165) is 55.2 Å². The van der Waals surface area contributed by atoms with Crippen molar-refractivity contribution in [3.05, 3.63) is 41.4 Å². The van der Waals surface area contributed by atoms with Crippen molar-refractivity contribution in [2.45, 2.75) is 32.2 Å². The number of benzene rings is 1. The second-order valence-electron chi connectivity index (χ2n) is 6.48. The van der Waals surface area contributed by atoms with Crippen LogP contribution >= 0.6 is 0 Å². The molecule has 0 unspecified atom stereocenters. The highest BCUT2D eigenvalue weighted by Crippen LogP contribution is 2.33. The lowest BCUT2D eigenvalue weighted by atomic mass is 9.91. The zero-order chi connectivity index (χ0) is 16.7. The summed E-state index contributed by atoms with van der Waals surface area (Å²) < 4.78 is 20.6. The van der Waals surface area contributed by atoms with E-state index in [1.807, 2.05) is 18.5 Å². The van der Waals surface area contributed by atoms with Gasteiger partial charge in [-0.2, -0.15) is 0 Å². The van der Waals surface area contributed by atoms with Crippen LogP contribution in [0.3, 0.4) is 0 Å². The summed E-state index contributed by atoms with van der Waals surface area (Å²) in [6, 6.07) is 4.64. The van der Waals surface area contributed by atoms with Gasteiger partial charge in [-0.25, -0.2) is 4.39 Å². The molecular weight excluding hydrogens is 309 g/mol. The fourth-order valence-electron chi connectivity index (χ4n) is 3.38. The van der Waals surface area contributed by atoms with Gasteiger partial charge in [-0.05, 0) is 45.0 Å². The number of fused-ring (bicyclic) bond motifs is 1. The lowest BCUT2D eigenvalue weighted by Crippen LogP contribution is -2.33. The van der Waals surface area contributed by atoms with Crippen molar-refractivity contribution in [3.8, 4) is 0 Å². The highest BCUT2D eigenvalue weighted by atomic mass is 19.1. The van der Waals surface area contributed by atoms with Crippen molar-refractivity contribution in [2.75, 3.05) is 13.1 Å². The first kappa shape index (κ1) is 15.3. The topological polar surface area (TPSA) is 60.0 Å². The minimum atomic E-state index is -0.293. The van der Waals surface area contributed by atoms with E-state index >= 15 is 0 Å². The van der Waals surface area contributed by atoms with Gasteiger partial charge in [-0.15, -0.1) is 10.2 Å². The standard InChI is InChI=1S/C17H20FN5O/c1-11-19-20-16(22(11)2)10-23-7-5-12(6-8-23)17-14-4-3-13(18)9-15(14)24-21-17/h3-4,9,12H,5-8,10H2,1-2H3. The molecule has 7 heteroatoms. The molecular formula is C17H20FN5O. The molecule has 2 aromatic heterocycles. The number of aromatic nitrogens is 4. The summed E-state index contributed by atoms with van der Waals surface area (Å²) in [4.78, 5) is 2.39. The molecule has 4 rings (SSSR count). The van der Waals surface area contributed by atoms with E-state index in [1.54, 1.807) is 6.07 Å². The van der Waals surface area contributed by atoms with Crippen LogP contribution in [0.2, 0.25) is 0 Å². The van der Waals surface area contributed by atoms with Gasteiger partial charge in [0.15, 0.2) is 5.58 Å². The van der Waals surface area contributed by atoms with Crippen LogP contribution in [0, 0.1) is 12.7 Å². The SMILES string of the molecule is Cc1nnc(CN2CCC(c3noc4cc(F)ccc34)CC2)n1C. The highest BCUT2D eigenvalue weighted by Gasteiger charge is 2.25. The molecule has 3 aromatic rings. The van der Waals surface area contributed by atoms with E-state index in [4.69, 9.17) is 4.52 Å². The fourth-order valence-corrected chi connectivity index (χ4v) is 3.38. The molecule has 1 aliphatic rings. The quantitative estimate of drug-likeness (QED) is 0.739. The number of rotatable bonds is 3. The average molecular weight is 329 g/mol. The first-order valence-corrected chi connectivity index (χ1v) is 8.24. The van der Waals surface area contributed by atoms with E-state index in [2.05, 4.69) is 20.3 Å². The molecule has 1 fully saturated rings. The maximum absolute atomic E-state index is 13.3. The molecule has 0 N–H and O–H groups in total. The summed E-state index contributed by atoms with van der Waals surface area (Å²) in [6.07, 6.45) is 2.02. The van der Waals surface area contributed by atoms with E-state index in [1.165, 1.54) is 12.1 Å². The Morgan fingerprint density at radius 1 is 1.25 bits per heavy atom. The maximum Gasteiger partial charge on any atom is 0.170 e. The Hall–Kier alpha value is -2.28. The van der Waals surface area contributed by atoms with Crippen molar-refractivity contribution >= 4 is 11.0 Å². The van der Waals surface area contributed by atoms with Crippen molar-refractivity contribution in [2.24, 2.45) is 7.05 Å². The largest absolute Gasteiger partial charge is 0.356 e. The molecule has 1 aliphatic heterocycles. The van der Waals surface area contributed by atoms with Gasteiger partial charge in [0.2, 0.25) is 0 Å². The number of hydrogen-bond acceptors (Lipinski definition) is 5. The van der Waals surface area contributed by atoms with E-state index in [-0.39, 0.29) is 5.82 Å². The molecule has 6 nitrogen and oxygen atoms in total. The van der Waals surface area contributed by atoms with Crippen LogP contribution in [-0.4, -0.2) is 37.9 Å². The van der Waals surface area contributed by atoms with Gasteiger partial charge >= 0.3 is 0 Å². The molecule has 3 heterocycles. The smallest absolute Gasteiger partial charge is 0.170 e. The van der Waals surface area contributed by atoms with Gasteiger partial charge in [-0.3, -0.25) is 4.90 Å². The monoisotopic (exact) mass is 329 g/mol. The minimum absolute atomic E-state index is 0.293. The molecule has 0 saturated carbocycles. The summed E-state index contributed by atoms with van der Waals surface area (Å²) in [5.74, 6) is 1.99. The molecule has 1 aromatic carbocycles. The number of likely N-dealkylation sites (tertiary alicyclic amines) is 1. The van der Waals surface area contributed by atoms with Crippen LogP contribution in [0.1, 0.15) is 36.1 Å². The van der Waals surface area contributed by atoms with E-state index in [9.17, 15) is 4.39 Å². The number of halogens is 1. The van der Waals surface area contributed by atoms with E-state index < -0.39 is 0 Å². The number of piperidine rings is 1. The Morgan fingerprint density at radius 3 is 2.75 bits per heavy atom. The zero-order valence-electron chi connectivity index (χ0n) is 13.9. The average Bonchev–Trinajstić information content (AvgIpc) is 3.13. The number of hydrogen-bond donors (Lipinski definition) is 0. The molecule has 24 heavy (non-hydrogen) atoms. The summed E-state index contributed by atoms with van der Waals surface area (Å²) >= 11 is 0. The van der Waals surface area contributed by atoms with Crippen molar-refractivity contribution < 1.29 is 8.91 Å². The second kappa shape index (κ2) is 5.98. The van der Waals surface area contributed by atoms with Crippen LogP contribution in [-0.2, 0) is 13.6 Å². The predicted molar refractivity (Wildman–Crippen MR) is 87.0 cm³/mol. The van der Waals surface area contributed by atoms with E-state index in [0.29, 0.717) is 11.5 Å². The van der Waals surface area contributed by atoms with Crippen molar-refractivity contribution in [1.29, 1.82) is 0 Å². The Kier molecular flexibility index (Phi) is 3.80. The van der Waals surface area contributed by atoms with Gasteiger partial charge in [0.05, 0.1) is 12.2 Å². The van der Waals surface area contributed by atoms with Gasteiger partial charge in [0.25, 0.3) is 0 Å². The van der Waals surface area contributed by atoms with Gasteiger partial charge in [0, 0.05) is 24.4 Å². The van der Waals surface area contributed by atoms with Gasteiger partial charge in [0.1, 0.15) is 17.5 Å². The Labute approximate surface area is 139 Å². The second-order valence-corrected chi connectivity index (χ2v) is 6.48. The molecule has 1 saturated heterocycles. The third kappa shape index (κ3) is 2.69. The molecule has 0 spiro atoms. The predicted octanol–water partition coefficient (Wildman–Crippen LogP) is 2.78. The third-order valence-electron chi connectivity index (χ3n) is 4.98. The van der Waals surface area contributed by atoms with Crippen LogP contribution in [0.15, 0.2) is 22.7 Å². The number of aryl methyl sites for hydroxylation is 1. The number of nitrogens with zero attached hydrogens (tertiary/aromatic N) is 5. The molecule has 126 valence electrons. The van der Waals surface area contributed by atoms with Crippen LogP contribution in [0.4, 0.5) is 4.39 Å². The first-order chi connectivity index (χ1) is 11.6. The fraction of sp³-hybridized carbons (Fsp3) is 0.471. The highest BCUT2D eigenvalue weighted by molar-refractivity contribution is 5.79. The summed E-state index contributed by atoms with van der Waals surface area (Å²) in [6.45, 7) is 4.73. The van der Waals surface area contributed by atoms with Gasteiger partial charge < -0.3 is 9.09 Å². The van der Waals surface area contributed by atoms with Crippen molar-refractivity contribution in [3.63, 3.8) is 0 Å². The third-order valence-corrected chi connectivity index (χ3v) is 4.98. The molecule has 0 radical (unpaired) electrons. The summed E-state index contributed by atoms with van der Waals surface area (Å²) in [5.41, 5.74) is 1.49. The van der Waals surface area contributed by atoms with Gasteiger partial charge in [-0.1, -0.05) is 5.16 Å². The lowest BCUT2D eigenvalue weighted by Gasteiger charge is -2.30. The Balaban J connectivity index is 1.44.